The van der Waals surface area contributed by atoms with E-state index in [4.69, 9.17) is 15.2 Å². The van der Waals surface area contributed by atoms with Crippen LogP contribution in [0.25, 0.3) is 0 Å². The van der Waals surface area contributed by atoms with Gasteiger partial charge in [-0.25, -0.2) is 0 Å². The third-order valence-corrected chi connectivity index (χ3v) is 6.52. The van der Waals surface area contributed by atoms with Gasteiger partial charge in [-0.1, -0.05) is 0 Å². The Kier molecular flexibility index (Phi) is 4.36. The smallest absolute Gasteiger partial charge is 0.277 e. The highest BCUT2D eigenvalue weighted by atomic mass is 32.1. The summed E-state index contributed by atoms with van der Waals surface area (Å²) >= 11 is 1.33. The molecular weight excluding hydrogens is 380 g/mol. The molecule has 0 saturated heterocycles. The van der Waals surface area contributed by atoms with Crippen LogP contribution in [0, 0.1) is 0 Å². The molecule has 28 heavy (non-hydrogen) atoms. The van der Waals surface area contributed by atoms with Gasteiger partial charge in [0, 0.05) is 29.0 Å². The van der Waals surface area contributed by atoms with E-state index in [0.717, 1.165) is 21.7 Å². The number of nitrogens with two attached hydrogens (primary N) is 1. The zero-order valence-electron chi connectivity index (χ0n) is 16.4. The third kappa shape index (κ3) is 3.13. The number of ether oxygens (including phenoxy) is 2. The summed E-state index contributed by atoms with van der Waals surface area (Å²) in [6.45, 7) is 8.82. The molecule has 0 saturated carbocycles. The fourth-order valence-electron chi connectivity index (χ4n) is 4.13. The molecule has 9 heteroatoms. The normalized spacial score (nSPS) is 19.6. The second kappa shape index (κ2) is 6.40. The van der Waals surface area contributed by atoms with Gasteiger partial charge in [0.1, 0.15) is 5.00 Å². The van der Waals surface area contributed by atoms with Crippen LogP contribution < -0.4 is 11.1 Å². The van der Waals surface area contributed by atoms with Crippen molar-refractivity contribution in [1.82, 2.24) is 10.2 Å². The van der Waals surface area contributed by atoms with E-state index < -0.39 is 17.1 Å². The maximum atomic E-state index is 12.9. The number of aromatic amines is 1. The first-order chi connectivity index (χ1) is 13.1. The van der Waals surface area contributed by atoms with E-state index >= 15 is 0 Å². The van der Waals surface area contributed by atoms with Gasteiger partial charge < -0.3 is 20.5 Å². The highest BCUT2D eigenvalue weighted by Gasteiger charge is 2.43. The standard InChI is InChI=1S/C19H24N4O4S/c1-18(2)7-9-12(15(20)24)17(28-14(9)19(3,4)27-18)21-16(25)13-10-8-26-6-5-11(10)22-23-13/h5-8H2,1-4H3,(H2,20,24)(H,21,25)(H,22,23). The molecular formula is C19H24N4O4S. The van der Waals surface area contributed by atoms with Crippen molar-refractivity contribution in [2.24, 2.45) is 5.73 Å². The Labute approximate surface area is 166 Å². The van der Waals surface area contributed by atoms with Gasteiger partial charge in [0.2, 0.25) is 0 Å². The van der Waals surface area contributed by atoms with Gasteiger partial charge in [-0.3, -0.25) is 14.7 Å². The number of nitrogens with one attached hydrogen (secondary N) is 2. The monoisotopic (exact) mass is 404 g/mol. The average Bonchev–Trinajstić information content (AvgIpc) is 3.14. The lowest BCUT2D eigenvalue weighted by molar-refractivity contribution is -0.135. The molecule has 2 aliphatic heterocycles. The van der Waals surface area contributed by atoms with E-state index in [0.29, 0.717) is 36.6 Å². The van der Waals surface area contributed by atoms with Crippen LogP contribution in [0.3, 0.4) is 0 Å². The lowest BCUT2D eigenvalue weighted by Crippen LogP contribution is -2.42. The molecule has 0 aromatic carbocycles. The van der Waals surface area contributed by atoms with Crippen molar-refractivity contribution in [3.63, 3.8) is 0 Å². The van der Waals surface area contributed by atoms with Crippen LogP contribution in [0.2, 0.25) is 0 Å². The van der Waals surface area contributed by atoms with Crippen LogP contribution in [0.5, 0.6) is 0 Å². The van der Waals surface area contributed by atoms with E-state index in [2.05, 4.69) is 15.5 Å². The zero-order chi connectivity index (χ0) is 20.3. The van der Waals surface area contributed by atoms with Gasteiger partial charge in [0.25, 0.3) is 11.8 Å². The molecule has 0 radical (unpaired) electrons. The second-order valence-corrected chi connectivity index (χ2v) is 9.33. The number of amides is 2. The summed E-state index contributed by atoms with van der Waals surface area (Å²) in [7, 11) is 0. The van der Waals surface area contributed by atoms with E-state index in [9.17, 15) is 9.59 Å². The Hall–Kier alpha value is -2.23. The molecule has 2 aromatic rings. The minimum atomic E-state index is -0.589. The fourth-order valence-corrected chi connectivity index (χ4v) is 5.39. The Balaban J connectivity index is 1.73. The van der Waals surface area contributed by atoms with E-state index in [1.807, 2.05) is 27.7 Å². The molecule has 0 atom stereocenters. The highest BCUT2D eigenvalue weighted by Crippen LogP contribution is 2.48. The molecule has 150 valence electrons. The van der Waals surface area contributed by atoms with Crippen molar-refractivity contribution in [1.29, 1.82) is 0 Å². The predicted molar refractivity (Wildman–Crippen MR) is 105 cm³/mol. The number of primary amides is 1. The summed E-state index contributed by atoms with van der Waals surface area (Å²) in [4.78, 5) is 26.1. The number of fused-ring (bicyclic) bond motifs is 2. The number of H-pyrrole nitrogens is 1. The topological polar surface area (TPSA) is 119 Å². The van der Waals surface area contributed by atoms with E-state index in [1.165, 1.54) is 11.3 Å². The Morgan fingerprint density at radius 3 is 2.71 bits per heavy atom. The largest absolute Gasteiger partial charge is 0.376 e. The number of hydrogen-bond donors (Lipinski definition) is 3. The van der Waals surface area contributed by atoms with Crippen LogP contribution >= 0.6 is 11.3 Å². The minimum Gasteiger partial charge on any atom is -0.376 e. The first kappa shape index (κ1) is 19.1. The molecule has 0 unspecified atom stereocenters. The molecule has 2 amide bonds. The molecule has 4 rings (SSSR count). The summed E-state index contributed by atoms with van der Waals surface area (Å²) < 4.78 is 11.6. The van der Waals surface area contributed by atoms with Crippen LogP contribution in [0.4, 0.5) is 5.00 Å². The quantitative estimate of drug-likeness (QED) is 0.726. The van der Waals surface area contributed by atoms with Crippen molar-refractivity contribution in [2.75, 3.05) is 11.9 Å². The van der Waals surface area contributed by atoms with Gasteiger partial charge in [-0.05, 0) is 33.3 Å². The third-order valence-electron chi connectivity index (χ3n) is 5.07. The van der Waals surface area contributed by atoms with E-state index in [1.54, 1.807) is 0 Å². The Morgan fingerprint density at radius 1 is 1.25 bits per heavy atom. The number of thiophene rings is 1. The molecule has 0 spiro atoms. The molecule has 0 fully saturated rings. The van der Waals surface area contributed by atoms with Crippen molar-refractivity contribution < 1.29 is 19.1 Å². The summed E-state index contributed by atoms with van der Waals surface area (Å²) in [5.74, 6) is -0.948. The number of hydrogen-bond acceptors (Lipinski definition) is 6. The summed E-state index contributed by atoms with van der Waals surface area (Å²) in [6, 6.07) is 0. The van der Waals surface area contributed by atoms with Crippen molar-refractivity contribution >= 4 is 28.2 Å². The molecule has 2 aromatic heterocycles. The molecule has 0 bridgehead atoms. The molecule has 2 aliphatic rings. The molecule has 4 heterocycles. The number of aromatic nitrogens is 2. The number of rotatable bonds is 3. The minimum absolute atomic E-state index is 0.285. The summed E-state index contributed by atoms with van der Waals surface area (Å²) in [5.41, 5.74) is 7.83. The first-order valence-electron chi connectivity index (χ1n) is 9.20. The molecule has 4 N–H and O–H groups in total. The SMILES string of the molecule is CC1(C)Cc2c(sc(NC(=O)c3n[nH]c4c3COCC4)c2C(N)=O)C(C)(C)O1. The van der Waals surface area contributed by atoms with Gasteiger partial charge >= 0.3 is 0 Å². The van der Waals surface area contributed by atoms with Crippen molar-refractivity contribution in [3.8, 4) is 0 Å². The number of carbonyl (C=O) groups is 2. The van der Waals surface area contributed by atoms with Crippen molar-refractivity contribution in [3.05, 3.63) is 33.0 Å². The number of nitrogens with zero attached hydrogens (tertiary/aromatic N) is 1. The van der Waals surface area contributed by atoms with Crippen molar-refractivity contribution in [2.45, 2.75) is 58.3 Å². The van der Waals surface area contributed by atoms with Gasteiger partial charge in [0.15, 0.2) is 5.69 Å². The number of carbonyl (C=O) groups excluding carboxylic acids is 2. The predicted octanol–water partition coefficient (Wildman–Crippen LogP) is 2.48. The van der Waals surface area contributed by atoms with Crippen LogP contribution in [0.15, 0.2) is 0 Å². The maximum Gasteiger partial charge on any atom is 0.277 e. The molecule has 8 nitrogen and oxygen atoms in total. The lowest BCUT2D eigenvalue weighted by atomic mass is 9.86. The lowest BCUT2D eigenvalue weighted by Gasteiger charge is -2.41. The summed E-state index contributed by atoms with van der Waals surface area (Å²) in [6.07, 6.45) is 1.23. The Morgan fingerprint density at radius 2 is 2.00 bits per heavy atom. The average molecular weight is 404 g/mol. The first-order valence-corrected chi connectivity index (χ1v) is 10.0. The van der Waals surface area contributed by atoms with E-state index in [-0.39, 0.29) is 11.6 Å². The van der Waals surface area contributed by atoms with Gasteiger partial charge in [0.05, 0.1) is 30.0 Å². The second-order valence-electron chi connectivity index (χ2n) is 8.31. The Bertz CT molecular complexity index is 973. The van der Waals surface area contributed by atoms with Crippen LogP contribution in [-0.2, 0) is 34.5 Å². The van der Waals surface area contributed by atoms with Crippen LogP contribution in [0.1, 0.15) is 70.2 Å². The maximum absolute atomic E-state index is 12.9. The van der Waals surface area contributed by atoms with Gasteiger partial charge in [-0.15, -0.1) is 11.3 Å². The van der Waals surface area contributed by atoms with Crippen LogP contribution in [-0.4, -0.2) is 34.2 Å². The highest BCUT2D eigenvalue weighted by molar-refractivity contribution is 7.17. The fraction of sp³-hybridized carbons (Fsp3) is 0.526. The zero-order valence-corrected chi connectivity index (χ0v) is 17.2. The summed E-state index contributed by atoms with van der Waals surface area (Å²) in [5, 5.41) is 10.3. The molecule has 0 aliphatic carbocycles. The number of anilines is 1. The van der Waals surface area contributed by atoms with Gasteiger partial charge in [-0.2, -0.15) is 5.10 Å².